The molecule has 2 aliphatic rings. The summed E-state index contributed by atoms with van der Waals surface area (Å²) >= 11 is 6.08. The van der Waals surface area contributed by atoms with Gasteiger partial charge in [0.15, 0.2) is 5.79 Å². The summed E-state index contributed by atoms with van der Waals surface area (Å²) in [5.74, 6) is -0.329. The van der Waals surface area contributed by atoms with Crippen LogP contribution in [0.5, 0.6) is 0 Å². The molecule has 0 bridgehead atoms. The Kier molecular flexibility index (Phi) is 4.29. The highest BCUT2D eigenvalue weighted by atomic mass is 35.5. The molecule has 1 aromatic rings. The van der Waals surface area contributed by atoms with Crippen LogP contribution in [0.3, 0.4) is 0 Å². The summed E-state index contributed by atoms with van der Waals surface area (Å²) in [5, 5.41) is 0.761. The first-order valence-electron chi connectivity index (χ1n) is 7.20. The van der Waals surface area contributed by atoms with Gasteiger partial charge in [-0.3, -0.25) is 4.90 Å². The van der Waals surface area contributed by atoms with E-state index in [2.05, 4.69) is 11.0 Å². The molecule has 1 spiro atoms. The van der Waals surface area contributed by atoms with E-state index in [1.54, 1.807) is 0 Å². The Morgan fingerprint density at radius 2 is 1.95 bits per heavy atom. The summed E-state index contributed by atoms with van der Waals surface area (Å²) in [7, 11) is 0. The summed E-state index contributed by atoms with van der Waals surface area (Å²) in [6.45, 7) is 3.90. The fourth-order valence-corrected chi connectivity index (χ4v) is 3.37. The number of rotatable bonds is 3. The van der Waals surface area contributed by atoms with E-state index < -0.39 is 0 Å². The summed E-state index contributed by atoms with van der Waals surface area (Å²) in [5.41, 5.74) is 7.17. The van der Waals surface area contributed by atoms with Crippen molar-refractivity contribution >= 4 is 11.6 Å². The van der Waals surface area contributed by atoms with Crippen molar-refractivity contribution in [1.82, 2.24) is 4.90 Å². The van der Waals surface area contributed by atoms with Crippen molar-refractivity contribution in [2.24, 2.45) is 5.73 Å². The fourth-order valence-electron chi connectivity index (χ4n) is 3.17. The minimum atomic E-state index is -0.329. The number of halogens is 1. The zero-order valence-corrected chi connectivity index (χ0v) is 12.3. The maximum atomic E-state index is 6.08. The van der Waals surface area contributed by atoms with Crippen LogP contribution in [0.1, 0.15) is 24.4 Å². The first kappa shape index (κ1) is 14.3. The Balaban J connectivity index is 1.69. The third kappa shape index (κ3) is 2.85. The Morgan fingerprint density at radius 3 is 2.55 bits per heavy atom. The SMILES string of the molecule is NCC(c1cccc(Cl)c1)N1CCC2(CC1)OCCO2. The lowest BCUT2D eigenvalue weighted by atomic mass is 9.98. The maximum absolute atomic E-state index is 6.08. The van der Waals surface area contributed by atoms with E-state index in [9.17, 15) is 0 Å². The molecule has 2 N–H and O–H groups in total. The van der Waals surface area contributed by atoms with Crippen LogP contribution in [0.25, 0.3) is 0 Å². The second-order valence-corrected chi connectivity index (χ2v) is 5.89. The van der Waals surface area contributed by atoms with Gasteiger partial charge in [-0.2, -0.15) is 0 Å². The first-order chi connectivity index (χ1) is 9.72. The van der Waals surface area contributed by atoms with E-state index in [0.29, 0.717) is 19.8 Å². The molecule has 2 saturated heterocycles. The minimum absolute atomic E-state index is 0.215. The van der Waals surface area contributed by atoms with Gasteiger partial charge in [0.05, 0.1) is 13.2 Å². The van der Waals surface area contributed by atoms with Gasteiger partial charge in [-0.25, -0.2) is 0 Å². The van der Waals surface area contributed by atoms with E-state index in [-0.39, 0.29) is 11.8 Å². The van der Waals surface area contributed by atoms with Gasteiger partial charge in [0.25, 0.3) is 0 Å². The Bertz CT molecular complexity index is 453. The predicted octanol–water partition coefficient (Wildman–Crippen LogP) is 2.18. The number of likely N-dealkylation sites (tertiary alicyclic amines) is 1. The first-order valence-corrected chi connectivity index (χ1v) is 7.58. The van der Waals surface area contributed by atoms with Crippen LogP contribution in [-0.2, 0) is 9.47 Å². The Morgan fingerprint density at radius 1 is 1.25 bits per heavy atom. The van der Waals surface area contributed by atoms with Crippen molar-refractivity contribution in [3.63, 3.8) is 0 Å². The highest BCUT2D eigenvalue weighted by Crippen LogP contribution is 2.34. The third-order valence-corrected chi connectivity index (χ3v) is 4.51. The smallest absolute Gasteiger partial charge is 0.170 e. The normalized spacial score (nSPS) is 24.1. The molecule has 0 saturated carbocycles. The number of hydrogen-bond acceptors (Lipinski definition) is 4. The molecular weight excluding hydrogens is 276 g/mol. The average Bonchev–Trinajstić information content (AvgIpc) is 2.91. The zero-order chi connectivity index (χ0) is 14.0. The summed E-state index contributed by atoms with van der Waals surface area (Å²) in [6, 6.07) is 8.19. The number of hydrogen-bond donors (Lipinski definition) is 1. The molecule has 2 heterocycles. The summed E-state index contributed by atoms with van der Waals surface area (Å²) in [4.78, 5) is 2.40. The van der Waals surface area contributed by atoms with Crippen LogP contribution in [0, 0.1) is 0 Å². The van der Waals surface area contributed by atoms with Crippen molar-refractivity contribution < 1.29 is 9.47 Å². The van der Waals surface area contributed by atoms with Gasteiger partial charge in [0.1, 0.15) is 0 Å². The molecule has 4 nitrogen and oxygen atoms in total. The highest BCUT2D eigenvalue weighted by Gasteiger charge is 2.41. The molecular formula is C15H21ClN2O2. The maximum Gasteiger partial charge on any atom is 0.170 e. The number of nitrogens with two attached hydrogens (primary N) is 1. The van der Waals surface area contributed by atoms with E-state index in [1.807, 2.05) is 18.2 Å². The zero-order valence-electron chi connectivity index (χ0n) is 11.6. The van der Waals surface area contributed by atoms with Gasteiger partial charge in [0, 0.05) is 43.5 Å². The second-order valence-electron chi connectivity index (χ2n) is 5.45. The van der Waals surface area contributed by atoms with Crippen LogP contribution in [-0.4, -0.2) is 43.5 Å². The second kappa shape index (κ2) is 6.00. The van der Waals surface area contributed by atoms with Crippen LogP contribution in [0.2, 0.25) is 5.02 Å². The molecule has 20 heavy (non-hydrogen) atoms. The van der Waals surface area contributed by atoms with E-state index in [0.717, 1.165) is 31.0 Å². The molecule has 0 radical (unpaired) electrons. The third-order valence-electron chi connectivity index (χ3n) is 4.27. The van der Waals surface area contributed by atoms with E-state index >= 15 is 0 Å². The lowest BCUT2D eigenvalue weighted by Crippen LogP contribution is -2.47. The van der Waals surface area contributed by atoms with Crippen molar-refractivity contribution in [2.75, 3.05) is 32.8 Å². The van der Waals surface area contributed by atoms with Crippen molar-refractivity contribution in [1.29, 1.82) is 0 Å². The van der Waals surface area contributed by atoms with Crippen LogP contribution >= 0.6 is 11.6 Å². The molecule has 1 unspecified atom stereocenters. The Labute approximate surface area is 124 Å². The lowest BCUT2D eigenvalue weighted by Gasteiger charge is -2.41. The molecule has 1 atom stereocenters. The number of ether oxygens (including phenoxy) is 2. The molecule has 110 valence electrons. The highest BCUT2D eigenvalue weighted by molar-refractivity contribution is 6.30. The van der Waals surface area contributed by atoms with Gasteiger partial charge in [-0.05, 0) is 17.7 Å². The van der Waals surface area contributed by atoms with Crippen molar-refractivity contribution in [2.45, 2.75) is 24.7 Å². The molecule has 5 heteroatoms. The summed E-state index contributed by atoms with van der Waals surface area (Å²) < 4.78 is 11.5. The van der Waals surface area contributed by atoms with Gasteiger partial charge >= 0.3 is 0 Å². The Hall–Kier alpha value is -0.650. The quantitative estimate of drug-likeness (QED) is 0.929. The molecule has 0 aromatic heterocycles. The van der Waals surface area contributed by atoms with Crippen molar-refractivity contribution in [3.8, 4) is 0 Å². The molecule has 1 aromatic carbocycles. The number of nitrogens with zero attached hydrogens (tertiary/aromatic N) is 1. The number of benzene rings is 1. The van der Waals surface area contributed by atoms with E-state index in [1.165, 1.54) is 5.56 Å². The largest absolute Gasteiger partial charge is 0.347 e. The minimum Gasteiger partial charge on any atom is -0.347 e. The topological polar surface area (TPSA) is 47.7 Å². The van der Waals surface area contributed by atoms with Crippen molar-refractivity contribution in [3.05, 3.63) is 34.9 Å². The molecule has 0 amide bonds. The monoisotopic (exact) mass is 296 g/mol. The summed E-state index contributed by atoms with van der Waals surface area (Å²) in [6.07, 6.45) is 1.81. The molecule has 2 aliphatic heterocycles. The average molecular weight is 297 g/mol. The van der Waals surface area contributed by atoms with E-state index in [4.69, 9.17) is 26.8 Å². The lowest BCUT2D eigenvalue weighted by molar-refractivity contribution is -0.187. The van der Waals surface area contributed by atoms with Crippen LogP contribution in [0.15, 0.2) is 24.3 Å². The fraction of sp³-hybridized carbons (Fsp3) is 0.600. The van der Waals surface area contributed by atoms with Gasteiger partial charge < -0.3 is 15.2 Å². The molecule has 2 fully saturated rings. The number of piperidine rings is 1. The standard InChI is InChI=1S/C15H21ClN2O2/c16-13-3-1-2-12(10-13)14(11-17)18-6-4-15(5-7-18)19-8-9-20-15/h1-3,10,14H,4-9,11,17H2. The predicted molar refractivity (Wildman–Crippen MR) is 78.7 cm³/mol. The van der Waals surface area contributed by atoms with Crippen LogP contribution < -0.4 is 5.73 Å². The van der Waals surface area contributed by atoms with Gasteiger partial charge in [-0.1, -0.05) is 23.7 Å². The molecule has 3 rings (SSSR count). The molecule has 0 aliphatic carbocycles. The van der Waals surface area contributed by atoms with Gasteiger partial charge in [0.2, 0.25) is 0 Å². The van der Waals surface area contributed by atoms with Crippen LogP contribution in [0.4, 0.5) is 0 Å². The van der Waals surface area contributed by atoms with Gasteiger partial charge in [-0.15, -0.1) is 0 Å².